The van der Waals surface area contributed by atoms with Gasteiger partial charge in [0, 0.05) is 11.5 Å². The van der Waals surface area contributed by atoms with Crippen molar-refractivity contribution in [2.75, 3.05) is 23.0 Å². The molecule has 0 aliphatic heterocycles. The van der Waals surface area contributed by atoms with Crippen molar-refractivity contribution >= 4 is 47.2 Å². The van der Waals surface area contributed by atoms with Crippen LogP contribution in [0.3, 0.4) is 0 Å². The number of ether oxygens (including phenoxy) is 2. The van der Waals surface area contributed by atoms with Gasteiger partial charge in [0.05, 0.1) is 22.6 Å². The van der Waals surface area contributed by atoms with E-state index in [0.717, 1.165) is 43.9 Å². The van der Waals surface area contributed by atoms with E-state index in [0.29, 0.717) is 24.3 Å². The molecule has 0 N–H and O–H groups in total. The molecule has 0 radical (unpaired) electrons. The van der Waals surface area contributed by atoms with Gasteiger partial charge < -0.3 is 9.47 Å². The summed E-state index contributed by atoms with van der Waals surface area (Å²) < 4.78 is 11.8. The Balaban J connectivity index is 1.70. The number of carbonyl (C=O) groups is 2. The molecule has 4 nitrogen and oxygen atoms in total. The molecule has 0 spiro atoms. The normalized spacial score (nSPS) is 11.2. The van der Waals surface area contributed by atoms with Crippen molar-refractivity contribution in [2.24, 2.45) is 0 Å². The average Bonchev–Trinajstić information content (AvgIpc) is 3.11. The van der Waals surface area contributed by atoms with Gasteiger partial charge in [0.1, 0.15) is 11.5 Å². The molecule has 0 amide bonds. The number of rotatable bonds is 32. The third-order valence-corrected chi connectivity index (χ3v) is 12.3. The summed E-state index contributed by atoms with van der Waals surface area (Å²) in [6.07, 6.45) is 27.6. The van der Waals surface area contributed by atoms with Gasteiger partial charge in [0.25, 0.3) is 0 Å². The summed E-state index contributed by atoms with van der Waals surface area (Å²) in [4.78, 5) is 27.3. The maximum Gasteiger partial charge on any atom is 0.312 e. The van der Waals surface area contributed by atoms with Crippen LogP contribution in [0.5, 0.6) is 11.5 Å². The van der Waals surface area contributed by atoms with Crippen LogP contribution in [0.25, 0.3) is 0 Å². The van der Waals surface area contributed by atoms with Gasteiger partial charge in [0.15, 0.2) is 0 Å². The molecule has 0 unspecified atom stereocenters. The van der Waals surface area contributed by atoms with Gasteiger partial charge in [0.2, 0.25) is 0 Å². The van der Waals surface area contributed by atoms with Crippen LogP contribution in [0.1, 0.15) is 166 Å². The van der Waals surface area contributed by atoms with Gasteiger partial charge in [-0.2, -0.15) is 23.5 Å². The predicted molar refractivity (Wildman–Crippen MR) is 225 cm³/mol. The van der Waals surface area contributed by atoms with Crippen LogP contribution in [-0.2, 0) is 9.59 Å². The molecule has 0 aromatic heterocycles. The van der Waals surface area contributed by atoms with Crippen molar-refractivity contribution in [3.05, 3.63) is 47.5 Å². The Kier molecular flexibility index (Phi) is 27.6. The van der Waals surface area contributed by atoms with Crippen LogP contribution >= 0.6 is 35.3 Å². The zero-order valence-electron chi connectivity index (χ0n) is 32.7. The van der Waals surface area contributed by atoms with Crippen molar-refractivity contribution < 1.29 is 19.1 Å². The molecule has 0 aliphatic carbocycles. The zero-order chi connectivity index (χ0) is 36.8. The van der Waals surface area contributed by atoms with E-state index in [4.69, 9.17) is 9.47 Å². The smallest absolute Gasteiger partial charge is 0.312 e. The van der Waals surface area contributed by atoms with Gasteiger partial charge in [-0.15, -0.1) is 0 Å². The van der Waals surface area contributed by atoms with E-state index >= 15 is 0 Å². The van der Waals surface area contributed by atoms with Crippen LogP contribution in [0.2, 0.25) is 0 Å². The van der Waals surface area contributed by atoms with E-state index < -0.39 is 0 Å². The number of carbonyl (C=O) groups excluding carboxylic acids is 2. The van der Waals surface area contributed by atoms with E-state index in [1.165, 1.54) is 140 Å². The number of hydrogen-bond donors (Lipinski definition) is 0. The maximum atomic E-state index is 12.8. The van der Waals surface area contributed by atoms with Crippen LogP contribution in [0.4, 0.5) is 0 Å². The molecule has 0 saturated carbocycles. The lowest BCUT2D eigenvalue weighted by atomic mass is 10.1. The molecular weight excluding hydrogens is 689 g/mol. The largest absolute Gasteiger partial charge is 0.425 e. The Bertz CT molecular complexity index is 1110. The molecule has 2 aromatic rings. The highest BCUT2D eigenvalue weighted by atomic mass is 32.2. The summed E-state index contributed by atoms with van der Waals surface area (Å²) >= 11 is 5.18. The van der Waals surface area contributed by atoms with Crippen molar-refractivity contribution in [1.82, 2.24) is 0 Å². The summed E-state index contributed by atoms with van der Waals surface area (Å²) in [5, 5.41) is 0. The molecule has 0 bridgehead atoms. The van der Waals surface area contributed by atoms with Gasteiger partial charge in [-0.25, -0.2) is 0 Å². The zero-order valence-corrected chi connectivity index (χ0v) is 35.2. The number of benzene rings is 2. The molecule has 0 aliphatic rings. The molecule has 2 rings (SSSR count). The van der Waals surface area contributed by atoms with Gasteiger partial charge in [-0.1, -0.05) is 153 Å². The highest BCUT2D eigenvalue weighted by Gasteiger charge is 2.16. The van der Waals surface area contributed by atoms with E-state index in [1.54, 1.807) is 0 Å². The van der Waals surface area contributed by atoms with E-state index in [9.17, 15) is 9.59 Å². The lowest BCUT2D eigenvalue weighted by Crippen LogP contribution is -2.10. The van der Waals surface area contributed by atoms with Gasteiger partial charge >= 0.3 is 11.9 Å². The summed E-state index contributed by atoms with van der Waals surface area (Å²) in [7, 11) is 0. The topological polar surface area (TPSA) is 52.6 Å². The Morgan fingerprint density at radius 2 is 0.804 bits per heavy atom. The highest BCUT2D eigenvalue weighted by molar-refractivity contribution is 7.99. The Morgan fingerprint density at radius 3 is 1.16 bits per heavy atom. The number of unbranched alkanes of at least 4 members (excludes halogenated alkanes) is 18. The van der Waals surface area contributed by atoms with Crippen molar-refractivity contribution in [1.29, 1.82) is 0 Å². The Morgan fingerprint density at radius 1 is 0.471 bits per heavy atom. The number of aryl methyl sites for hydroxylation is 2. The lowest BCUT2D eigenvalue weighted by Gasteiger charge is -2.14. The van der Waals surface area contributed by atoms with E-state index in [-0.39, 0.29) is 11.9 Å². The standard InChI is InChI=1S/C44H70O4S3/c1-5-7-9-11-13-15-17-19-21-23-31-49-33-29-43(45)47-39-27-25-37(3)35-41(39)51-42-36-38(4)26-28-40(42)48-44(46)30-34-50-32-24-22-20-18-16-14-12-10-8-6-2/h25-28,35-36H,5-24,29-34H2,1-4H3. The average molecular weight is 759 g/mol. The van der Waals surface area contributed by atoms with Crippen molar-refractivity contribution in [3.8, 4) is 11.5 Å². The fourth-order valence-corrected chi connectivity index (χ4v) is 8.92. The molecule has 2 aromatic carbocycles. The number of hydrogen-bond acceptors (Lipinski definition) is 7. The second-order valence-corrected chi connectivity index (χ2v) is 17.6. The molecule has 288 valence electrons. The molecule has 0 atom stereocenters. The summed E-state index contributed by atoms with van der Waals surface area (Å²) in [5.41, 5.74) is 2.16. The number of esters is 2. The van der Waals surface area contributed by atoms with Gasteiger partial charge in [-0.3, -0.25) is 9.59 Å². The van der Waals surface area contributed by atoms with Crippen LogP contribution in [0.15, 0.2) is 46.2 Å². The highest BCUT2D eigenvalue weighted by Crippen LogP contribution is 2.41. The lowest BCUT2D eigenvalue weighted by molar-refractivity contribution is -0.134. The first-order chi connectivity index (χ1) is 24.9. The van der Waals surface area contributed by atoms with Crippen molar-refractivity contribution in [2.45, 2.75) is 179 Å². The van der Waals surface area contributed by atoms with E-state index in [1.807, 2.05) is 73.8 Å². The first-order valence-corrected chi connectivity index (χ1v) is 23.5. The first-order valence-electron chi connectivity index (χ1n) is 20.4. The third-order valence-electron chi connectivity index (χ3n) is 9.05. The van der Waals surface area contributed by atoms with Crippen molar-refractivity contribution in [3.63, 3.8) is 0 Å². The van der Waals surface area contributed by atoms with Crippen LogP contribution in [-0.4, -0.2) is 35.0 Å². The van der Waals surface area contributed by atoms with Crippen LogP contribution in [0, 0.1) is 13.8 Å². The molecule has 51 heavy (non-hydrogen) atoms. The predicted octanol–water partition coefficient (Wildman–Crippen LogP) is 14.4. The number of thioether (sulfide) groups is 2. The molecule has 0 fully saturated rings. The summed E-state index contributed by atoms with van der Waals surface area (Å²) in [6, 6.07) is 11.8. The molecule has 7 heteroatoms. The quantitative estimate of drug-likeness (QED) is 0.0418. The van der Waals surface area contributed by atoms with Crippen LogP contribution < -0.4 is 9.47 Å². The SMILES string of the molecule is CCCCCCCCCCCCSCCC(=O)Oc1ccc(C)cc1Sc1cc(C)ccc1OC(=O)CCSCCCCCCCCCCCC. The first kappa shape index (κ1) is 45.6. The Hall–Kier alpha value is -1.57. The molecule has 0 saturated heterocycles. The summed E-state index contributed by atoms with van der Waals surface area (Å²) in [6.45, 7) is 8.60. The maximum absolute atomic E-state index is 12.8. The minimum atomic E-state index is -0.206. The summed E-state index contributed by atoms with van der Waals surface area (Å²) in [5.74, 6) is 4.45. The molecular formula is C44H70O4S3. The fraction of sp³-hybridized carbons (Fsp3) is 0.682. The third kappa shape index (κ3) is 23.7. The Labute approximate surface area is 325 Å². The minimum absolute atomic E-state index is 0.206. The second kappa shape index (κ2) is 30.8. The minimum Gasteiger partial charge on any atom is -0.425 e. The van der Waals surface area contributed by atoms with Gasteiger partial charge in [-0.05, 0) is 73.6 Å². The molecule has 0 heterocycles. The second-order valence-electron chi connectivity index (χ2n) is 14.0. The fourth-order valence-electron chi connectivity index (χ4n) is 5.92. The monoisotopic (exact) mass is 758 g/mol. The van der Waals surface area contributed by atoms with E-state index in [2.05, 4.69) is 13.8 Å².